The number of aryl methyl sites for hydroxylation is 1. The zero-order chi connectivity index (χ0) is 17.1. The van der Waals surface area contributed by atoms with E-state index in [0.29, 0.717) is 0 Å². The van der Waals surface area contributed by atoms with Crippen LogP contribution in [0.3, 0.4) is 0 Å². The Morgan fingerprint density at radius 3 is 2.79 bits per heavy atom. The summed E-state index contributed by atoms with van der Waals surface area (Å²) in [6.07, 6.45) is 2.74. The summed E-state index contributed by atoms with van der Waals surface area (Å²) in [6, 6.07) is 11.8. The Hall–Kier alpha value is -2.73. The normalized spacial score (nSPS) is 15.0. The molecule has 0 spiro atoms. The molecular formula is C17H14ClN3O3. The average Bonchev–Trinajstić information content (AvgIpc) is 2.59. The Labute approximate surface area is 143 Å². The molecule has 1 aliphatic carbocycles. The summed E-state index contributed by atoms with van der Waals surface area (Å²) in [5.41, 5.74) is 5.37. The number of carbonyl (C=O) groups excluding carboxylic acids is 1. The third-order valence-corrected chi connectivity index (χ3v) is 4.20. The summed E-state index contributed by atoms with van der Waals surface area (Å²) >= 11 is 5.75. The van der Waals surface area contributed by atoms with Gasteiger partial charge >= 0.3 is 0 Å². The number of fused-ring (bicyclic) bond motifs is 1. The van der Waals surface area contributed by atoms with Gasteiger partial charge < -0.3 is 0 Å². The molecule has 6 nitrogen and oxygen atoms in total. The molecule has 1 N–H and O–H groups in total. The predicted octanol–water partition coefficient (Wildman–Crippen LogP) is 3.72. The van der Waals surface area contributed by atoms with E-state index in [9.17, 15) is 14.9 Å². The molecule has 0 bridgehead atoms. The molecule has 24 heavy (non-hydrogen) atoms. The number of nitrogens with one attached hydrogen (secondary N) is 1. The minimum atomic E-state index is -0.623. The minimum Gasteiger partial charge on any atom is -0.267 e. The van der Waals surface area contributed by atoms with Crippen LogP contribution in [0.5, 0.6) is 0 Å². The highest BCUT2D eigenvalue weighted by atomic mass is 35.5. The number of nitrogens with zero attached hydrogens (tertiary/aromatic N) is 2. The summed E-state index contributed by atoms with van der Waals surface area (Å²) in [5, 5.41) is 15.1. The smallest absolute Gasteiger partial charge is 0.267 e. The first-order valence-electron chi connectivity index (χ1n) is 7.45. The molecule has 3 rings (SSSR count). The Morgan fingerprint density at radius 1 is 1.21 bits per heavy atom. The SMILES string of the molecule is O=C(N/N=C1/CCCc2ccccc21)c1ccc(Cl)c([N+](=O)[O-])c1. The van der Waals surface area contributed by atoms with Gasteiger partial charge in [-0.15, -0.1) is 0 Å². The molecule has 0 radical (unpaired) electrons. The first kappa shape index (κ1) is 16.1. The highest BCUT2D eigenvalue weighted by Crippen LogP contribution is 2.25. The van der Waals surface area contributed by atoms with Crippen molar-refractivity contribution in [1.82, 2.24) is 5.43 Å². The van der Waals surface area contributed by atoms with E-state index >= 15 is 0 Å². The van der Waals surface area contributed by atoms with Crippen LogP contribution in [0.4, 0.5) is 5.69 Å². The van der Waals surface area contributed by atoms with Gasteiger partial charge in [0.25, 0.3) is 11.6 Å². The standard InChI is InChI=1S/C17H14ClN3O3/c18-14-9-8-12(10-16(14)21(23)24)17(22)20-19-15-7-3-5-11-4-1-2-6-13(11)15/h1-2,4,6,8-10H,3,5,7H2,(H,20,22)/b19-15-. The maximum atomic E-state index is 12.2. The molecule has 0 heterocycles. The molecule has 0 saturated heterocycles. The van der Waals surface area contributed by atoms with Crippen LogP contribution in [-0.4, -0.2) is 16.5 Å². The van der Waals surface area contributed by atoms with Gasteiger partial charge in [-0.3, -0.25) is 14.9 Å². The van der Waals surface area contributed by atoms with Crippen LogP contribution < -0.4 is 5.43 Å². The van der Waals surface area contributed by atoms with E-state index < -0.39 is 10.8 Å². The number of hydrogen-bond donors (Lipinski definition) is 1. The van der Waals surface area contributed by atoms with Crippen molar-refractivity contribution < 1.29 is 9.72 Å². The quantitative estimate of drug-likeness (QED) is 0.680. The molecule has 2 aromatic carbocycles. The number of amides is 1. The molecule has 0 saturated carbocycles. The molecule has 0 unspecified atom stereocenters. The van der Waals surface area contributed by atoms with Crippen molar-refractivity contribution in [3.63, 3.8) is 0 Å². The lowest BCUT2D eigenvalue weighted by Gasteiger charge is -2.17. The van der Waals surface area contributed by atoms with Gasteiger partial charge in [0.2, 0.25) is 0 Å². The molecule has 2 aromatic rings. The van der Waals surface area contributed by atoms with Gasteiger partial charge in [-0.2, -0.15) is 5.10 Å². The van der Waals surface area contributed by atoms with Crippen molar-refractivity contribution in [2.24, 2.45) is 5.10 Å². The average molecular weight is 344 g/mol. The van der Waals surface area contributed by atoms with Crippen LogP contribution >= 0.6 is 11.6 Å². The molecule has 0 aliphatic heterocycles. The van der Waals surface area contributed by atoms with E-state index in [1.165, 1.54) is 17.7 Å². The van der Waals surface area contributed by atoms with Gasteiger partial charge in [-0.25, -0.2) is 5.43 Å². The van der Waals surface area contributed by atoms with Crippen molar-refractivity contribution in [3.8, 4) is 0 Å². The van der Waals surface area contributed by atoms with Crippen LogP contribution in [0.25, 0.3) is 0 Å². The van der Waals surface area contributed by atoms with Crippen LogP contribution in [0.15, 0.2) is 47.6 Å². The third-order valence-electron chi connectivity index (χ3n) is 3.89. The Morgan fingerprint density at radius 2 is 2.00 bits per heavy atom. The van der Waals surface area contributed by atoms with Gasteiger partial charge in [0, 0.05) is 17.2 Å². The Kier molecular flexibility index (Phi) is 4.57. The number of carbonyl (C=O) groups is 1. The number of hydrogen-bond acceptors (Lipinski definition) is 4. The first-order valence-corrected chi connectivity index (χ1v) is 7.83. The number of halogens is 1. The molecule has 0 aromatic heterocycles. The van der Waals surface area contributed by atoms with Gasteiger partial charge in [-0.05, 0) is 37.0 Å². The van der Waals surface area contributed by atoms with Crippen molar-refractivity contribution in [2.75, 3.05) is 0 Å². The van der Waals surface area contributed by atoms with Crippen molar-refractivity contribution >= 4 is 28.9 Å². The zero-order valence-corrected chi connectivity index (χ0v) is 13.4. The van der Waals surface area contributed by atoms with E-state index in [1.807, 2.05) is 24.3 Å². The maximum Gasteiger partial charge on any atom is 0.288 e. The number of benzene rings is 2. The number of hydrazone groups is 1. The van der Waals surface area contributed by atoms with E-state index in [-0.39, 0.29) is 16.3 Å². The van der Waals surface area contributed by atoms with Gasteiger partial charge in [0.1, 0.15) is 5.02 Å². The lowest BCUT2D eigenvalue weighted by atomic mass is 9.90. The highest BCUT2D eigenvalue weighted by Gasteiger charge is 2.18. The molecule has 1 aliphatic rings. The fraction of sp³-hybridized carbons (Fsp3) is 0.176. The Bertz CT molecular complexity index is 849. The second kappa shape index (κ2) is 6.80. The summed E-state index contributed by atoms with van der Waals surface area (Å²) in [6.45, 7) is 0. The van der Waals surface area contributed by atoms with E-state index in [1.54, 1.807) is 0 Å². The van der Waals surface area contributed by atoms with E-state index in [0.717, 1.165) is 36.6 Å². The van der Waals surface area contributed by atoms with E-state index in [4.69, 9.17) is 11.6 Å². The topological polar surface area (TPSA) is 84.6 Å². The molecular weight excluding hydrogens is 330 g/mol. The summed E-state index contributed by atoms with van der Waals surface area (Å²) < 4.78 is 0. The third kappa shape index (κ3) is 3.28. The summed E-state index contributed by atoms with van der Waals surface area (Å²) in [4.78, 5) is 22.5. The number of rotatable bonds is 3. The molecule has 1 amide bonds. The zero-order valence-electron chi connectivity index (χ0n) is 12.7. The van der Waals surface area contributed by atoms with Gasteiger partial charge in [0.15, 0.2) is 0 Å². The largest absolute Gasteiger partial charge is 0.288 e. The van der Waals surface area contributed by atoms with Gasteiger partial charge in [0.05, 0.1) is 10.6 Å². The van der Waals surface area contributed by atoms with Crippen LogP contribution in [0.1, 0.15) is 34.3 Å². The van der Waals surface area contributed by atoms with Crippen molar-refractivity contribution in [3.05, 3.63) is 74.3 Å². The summed E-state index contributed by atoms with van der Waals surface area (Å²) in [5.74, 6) is -0.509. The van der Waals surface area contributed by atoms with Crippen LogP contribution in [0, 0.1) is 10.1 Å². The fourth-order valence-electron chi connectivity index (χ4n) is 2.69. The fourth-order valence-corrected chi connectivity index (χ4v) is 2.88. The van der Waals surface area contributed by atoms with Crippen LogP contribution in [0.2, 0.25) is 5.02 Å². The highest BCUT2D eigenvalue weighted by molar-refractivity contribution is 6.32. The maximum absolute atomic E-state index is 12.2. The van der Waals surface area contributed by atoms with E-state index in [2.05, 4.69) is 10.5 Å². The minimum absolute atomic E-state index is 0.0101. The molecule has 0 atom stereocenters. The monoisotopic (exact) mass is 343 g/mol. The lowest BCUT2D eigenvalue weighted by molar-refractivity contribution is -0.384. The molecule has 122 valence electrons. The summed E-state index contributed by atoms with van der Waals surface area (Å²) in [7, 11) is 0. The van der Waals surface area contributed by atoms with Crippen molar-refractivity contribution in [2.45, 2.75) is 19.3 Å². The second-order valence-electron chi connectivity index (χ2n) is 5.43. The lowest BCUT2D eigenvalue weighted by Crippen LogP contribution is -2.22. The predicted molar refractivity (Wildman–Crippen MR) is 91.5 cm³/mol. The number of nitro groups is 1. The van der Waals surface area contributed by atoms with Crippen LogP contribution in [-0.2, 0) is 6.42 Å². The Balaban J connectivity index is 1.82. The first-order chi connectivity index (χ1) is 11.6. The van der Waals surface area contributed by atoms with Crippen molar-refractivity contribution in [1.29, 1.82) is 0 Å². The number of nitro benzene ring substituents is 1. The second-order valence-corrected chi connectivity index (χ2v) is 5.84. The molecule has 0 fully saturated rings. The van der Waals surface area contributed by atoms with Gasteiger partial charge in [-0.1, -0.05) is 35.9 Å². The molecule has 7 heteroatoms.